The molecule has 136 valence electrons. The lowest BCUT2D eigenvalue weighted by Crippen LogP contribution is -2.28. The molecule has 1 atom stereocenters. The van der Waals surface area contributed by atoms with Crippen LogP contribution in [-0.2, 0) is 11.2 Å². The molecule has 8 heteroatoms. The molecule has 0 bridgehead atoms. The van der Waals surface area contributed by atoms with Crippen molar-refractivity contribution in [3.63, 3.8) is 0 Å². The highest BCUT2D eigenvalue weighted by molar-refractivity contribution is 7.08. The summed E-state index contributed by atoms with van der Waals surface area (Å²) in [4.78, 5) is 18.9. The van der Waals surface area contributed by atoms with Gasteiger partial charge in [-0.1, -0.05) is 10.3 Å². The predicted octanol–water partition coefficient (Wildman–Crippen LogP) is 3.35. The van der Waals surface area contributed by atoms with E-state index in [2.05, 4.69) is 15.3 Å². The van der Waals surface area contributed by atoms with Crippen LogP contribution in [0.2, 0.25) is 0 Å². The lowest BCUT2D eigenvalue weighted by atomic mass is 10.1. The van der Waals surface area contributed by atoms with Gasteiger partial charge >= 0.3 is 0 Å². The maximum Gasteiger partial charge on any atom is 0.258 e. The summed E-state index contributed by atoms with van der Waals surface area (Å²) >= 11 is 1.59. The lowest BCUT2D eigenvalue weighted by molar-refractivity contribution is -0.130. The molecule has 1 aliphatic rings. The third kappa shape index (κ3) is 3.29. The third-order valence-electron chi connectivity index (χ3n) is 4.89. The van der Waals surface area contributed by atoms with E-state index in [1.165, 1.54) is 0 Å². The summed E-state index contributed by atoms with van der Waals surface area (Å²) in [5.74, 6) is 2.31. The van der Waals surface area contributed by atoms with Crippen molar-refractivity contribution in [2.24, 2.45) is 0 Å². The molecule has 0 spiro atoms. The van der Waals surface area contributed by atoms with Crippen LogP contribution in [-0.4, -0.2) is 39.2 Å². The molecule has 26 heavy (non-hydrogen) atoms. The second-order valence-corrected chi connectivity index (χ2v) is 7.38. The second-order valence-electron chi connectivity index (χ2n) is 6.60. The summed E-state index contributed by atoms with van der Waals surface area (Å²) in [5.41, 5.74) is 2.84. The van der Waals surface area contributed by atoms with E-state index in [0.717, 1.165) is 35.5 Å². The smallest absolute Gasteiger partial charge is 0.258 e. The van der Waals surface area contributed by atoms with E-state index in [-0.39, 0.29) is 11.8 Å². The summed E-state index contributed by atoms with van der Waals surface area (Å²) in [7, 11) is 0. The molecule has 0 aliphatic carbocycles. The standard InChI is InChI=1S/C18H20N4O3S/c1-11-15(12(2)24-20-11)3-4-16(23)22-7-5-13(9-22)17-19-18(25-21-17)14-6-8-26-10-14/h6,8,10,13H,3-5,7,9H2,1-2H3. The van der Waals surface area contributed by atoms with E-state index < -0.39 is 0 Å². The monoisotopic (exact) mass is 372 g/mol. The fourth-order valence-corrected chi connectivity index (χ4v) is 3.98. The molecular formula is C18H20N4O3S. The minimum absolute atomic E-state index is 0.133. The molecule has 3 aromatic heterocycles. The molecule has 0 radical (unpaired) electrons. The van der Waals surface area contributed by atoms with Crippen LogP contribution in [0.3, 0.4) is 0 Å². The van der Waals surface area contributed by atoms with E-state index in [1.54, 1.807) is 11.3 Å². The zero-order valence-corrected chi connectivity index (χ0v) is 15.6. The van der Waals surface area contributed by atoms with Gasteiger partial charge in [0.25, 0.3) is 5.89 Å². The quantitative estimate of drug-likeness (QED) is 0.683. The SMILES string of the molecule is Cc1noc(C)c1CCC(=O)N1CCC(c2noc(-c3ccsc3)n2)C1. The van der Waals surface area contributed by atoms with Crippen LogP contribution in [0.4, 0.5) is 0 Å². The van der Waals surface area contributed by atoms with Crippen molar-refractivity contribution in [3.05, 3.63) is 39.7 Å². The van der Waals surface area contributed by atoms with Crippen molar-refractivity contribution in [1.29, 1.82) is 0 Å². The van der Waals surface area contributed by atoms with Crippen LogP contribution in [0.5, 0.6) is 0 Å². The highest BCUT2D eigenvalue weighted by atomic mass is 32.1. The molecular weight excluding hydrogens is 352 g/mol. The molecule has 1 unspecified atom stereocenters. The van der Waals surface area contributed by atoms with Gasteiger partial charge in [0.1, 0.15) is 5.76 Å². The first kappa shape index (κ1) is 17.0. The summed E-state index contributed by atoms with van der Waals surface area (Å²) < 4.78 is 10.5. The first-order chi connectivity index (χ1) is 12.6. The Morgan fingerprint density at radius 1 is 1.35 bits per heavy atom. The number of amides is 1. The first-order valence-corrected chi connectivity index (χ1v) is 9.62. The molecule has 3 aromatic rings. The van der Waals surface area contributed by atoms with Crippen LogP contribution >= 0.6 is 11.3 Å². The van der Waals surface area contributed by atoms with E-state index >= 15 is 0 Å². The van der Waals surface area contributed by atoms with Gasteiger partial charge in [-0.25, -0.2) is 0 Å². The van der Waals surface area contributed by atoms with E-state index in [0.29, 0.717) is 31.1 Å². The maximum atomic E-state index is 12.5. The molecule has 1 saturated heterocycles. The van der Waals surface area contributed by atoms with Gasteiger partial charge < -0.3 is 13.9 Å². The van der Waals surface area contributed by atoms with Gasteiger partial charge in [-0.3, -0.25) is 4.79 Å². The van der Waals surface area contributed by atoms with Gasteiger partial charge in [-0.05, 0) is 38.1 Å². The molecule has 4 rings (SSSR count). The van der Waals surface area contributed by atoms with Crippen LogP contribution in [0.1, 0.15) is 41.6 Å². The maximum absolute atomic E-state index is 12.5. The summed E-state index contributed by atoms with van der Waals surface area (Å²) in [6.45, 7) is 5.16. The van der Waals surface area contributed by atoms with E-state index in [4.69, 9.17) is 9.05 Å². The minimum Gasteiger partial charge on any atom is -0.361 e. The Kier molecular flexibility index (Phi) is 4.58. The van der Waals surface area contributed by atoms with Crippen molar-refractivity contribution in [1.82, 2.24) is 20.2 Å². The van der Waals surface area contributed by atoms with E-state index in [9.17, 15) is 4.79 Å². The molecule has 1 amide bonds. The van der Waals surface area contributed by atoms with Crippen LogP contribution in [0, 0.1) is 13.8 Å². The Bertz CT molecular complexity index is 880. The zero-order valence-electron chi connectivity index (χ0n) is 14.8. The van der Waals surface area contributed by atoms with Crippen molar-refractivity contribution in [3.8, 4) is 11.5 Å². The highest BCUT2D eigenvalue weighted by Crippen LogP contribution is 2.28. The molecule has 4 heterocycles. The minimum atomic E-state index is 0.133. The Balaban J connectivity index is 1.35. The summed E-state index contributed by atoms with van der Waals surface area (Å²) in [6, 6.07) is 1.96. The topological polar surface area (TPSA) is 85.3 Å². The highest BCUT2D eigenvalue weighted by Gasteiger charge is 2.30. The predicted molar refractivity (Wildman–Crippen MR) is 95.8 cm³/mol. The van der Waals surface area contributed by atoms with Gasteiger partial charge in [-0.15, -0.1) is 0 Å². The fraction of sp³-hybridized carbons (Fsp3) is 0.444. The van der Waals surface area contributed by atoms with Gasteiger partial charge in [0.15, 0.2) is 5.82 Å². The molecule has 0 N–H and O–H groups in total. The molecule has 7 nitrogen and oxygen atoms in total. The van der Waals surface area contributed by atoms with E-state index in [1.807, 2.05) is 35.6 Å². The van der Waals surface area contributed by atoms with Crippen LogP contribution < -0.4 is 0 Å². The number of hydrogen-bond donors (Lipinski definition) is 0. The number of hydrogen-bond acceptors (Lipinski definition) is 7. The molecule has 0 saturated carbocycles. The number of carbonyl (C=O) groups excluding carboxylic acids is 1. The number of thiophene rings is 1. The first-order valence-electron chi connectivity index (χ1n) is 8.67. The average molecular weight is 372 g/mol. The number of nitrogens with zero attached hydrogens (tertiary/aromatic N) is 4. The summed E-state index contributed by atoms with van der Waals surface area (Å²) in [5, 5.41) is 12.0. The average Bonchev–Trinajstić information content (AvgIpc) is 3.41. The Morgan fingerprint density at radius 3 is 2.96 bits per heavy atom. The van der Waals surface area contributed by atoms with Crippen molar-refractivity contribution in [2.45, 2.75) is 39.0 Å². The Morgan fingerprint density at radius 2 is 2.23 bits per heavy atom. The Labute approximate surface area is 155 Å². The molecule has 0 aromatic carbocycles. The van der Waals surface area contributed by atoms with Gasteiger partial charge in [0, 0.05) is 36.4 Å². The van der Waals surface area contributed by atoms with Gasteiger partial charge in [0.05, 0.1) is 11.3 Å². The zero-order chi connectivity index (χ0) is 18.1. The Hall–Kier alpha value is -2.48. The number of rotatable bonds is 5. The number of aromatic nitrogens is 3. The molecule has 1 aliphatic heterocycles. The van der Waals surface area contributed by atoms with Crippen molar-refractivity contribution in [2.75, 3.05) is 13.1 Å². The lowest BCUT2D eigenvalue weighted by Gasteiger charge is -2.15. The van der Waals surface area contributed by atoms with Gasteiger partial charge in [0.2, 0.25) is 5.91 Å². The van der Waals surface area contributed by atoms with Gasteiger partial charge in [-0.2, -0.15) is 16.3 Å². The van der Waals surface area contributed by atoms with Crippen LogP contribution in [0.15, 0.2) is 25.9 Å². The van der Waals surface area contributed by atoms with Crippen molar-refractivity contribution >= 4 is 17.2 Å². The summed E-state index contributed by atoms with van der Waals surface area (Å²) in [6.07, 6.45) is 1.98. The molecule has 1 fully saturated rings. The number of aryl methyl sites for hydroxylation is 2. The number of carbonyl (C=O) groups is 1. The van der Waals surface area contributed by atoms with Crippen LogP contribution in [0.25, 0.3) is 11.5 Å². The second kappa shape index (κ2) is 7.03. The third-order valence-corrected chi connectivity index (χ3v) is 5.57. The normalized spacial score (nSPS) is 17.2. The largest absolute Gasteiger partial charge is 0.361 e. The number of likely N-dealkylation sites (tertiary alicyclic amines) is 1. The van der Waals surface area contributed by atoms with Crippen molar-refractivity contribution < 1.29 is 13.8 Å². The fourth-order valence-electron chi connectivity index (χ4n) is 3.35.